The first-order chi connectivity index (χ1) is 25.2. The molecule has 0 aliphatic heterocycles. The van der Waals surface area contributed by atoms with Gasteiger partial charge >= 0.3 is 0 Å². The second kappa shape index (κ2) is 12.2. The summed E-state index contributed by atoms with van der Waals surface area (Å²) in [6.07, 6.45) is 0. The Kier molecular flexibility index (Phi) is 7.53. The molecule has 3 nitrogen and oxygen atoms in total. The smallest absolute Gasteiger partial charge is 0.135 e. The molecule has 9 aromatic rings. The molecule has 0 amide bonds. The van der Waals surface area contributed by atoms with E-state index in [0.717, 1.165) is 27.5 Å². The first-order valence-electron chi connectivity index (χ1n) is 17.2. The maximum absolute atomic E-state index is 11.3. The number of hydrogen-bond acceptors (Lipinski definition) is 2. The van der Waals surface area contributed by atoms with E-state index < -0.39 is 10.6 Å². The van der Waals surface area contributed by atoms with Crippen molar-refractivity contribution < 1.29 is 5.11 Å². The quantitative estimate of drug-likeness (QED) is 0.143. The molecule has 0 fully saturated rings. The second-order valence-corrected chi connectivity index (χ2v) is 13.5. The molecule has 0 spiro atoms. The van der Waals surface area contributed by atoms with Crippen LogP contribution in [0.2, 0.25) is 5.11 Å². The largest absolute Gasteiger partial charge is 0.394 e. The van der Waals surface area contributed by atoms with E-state index in [2.05, 4.69) is 132 Å². The average molecular weight is 656 g/mol. The Hall–Kier alpha value is -5.77. The third kappa shape index (κ3) is 5.11. The van der Waals surface area contributed by atoms with Crippen molar-refractivity contribution in [1.29, 1.82) is 0 Å². The van der Waals surface area contributed by atoms with Gasteiger partial charge in [0, 0.05) is 5.69 Å². The molecular formula is C45H28B4N2O. The minimum atomic E-state index is -2.33. The predicted octanol–water partition coefficient (Wildman–Crippen LogP) is 9.38. The molecule has 0 aliphatic carbocycles. The molecule has 52 heavy (non-hydrogen) atoms. The van der Waals surface area contributed by atoms with Crippen molar-refractivity contribution in [3.63, 3.8) is 0 Å². The van der Waals surface area contributed by atoms with Crippen LogP contribution in [0.5, 0.6) is 0 Å². The van der Waals surface area contributed by atoms with Crippen LogP contribution in [0, 0.1) is 0 Å². The summed E-state index contributed by atoms with van der Waals surface area (Å²) in [4.78, 5) is 4.62. The third-order valence-electron chi connectivity index (χ3n) is 10.1. The Balaban J connectivity index is 1.24. The molecular weight excluding hydrogens is 628 g/mol. The van der Waals surface area contributed by atoms with Crippen molar-refractivity contribution in [3.05, 3.63) is 170 Å². The van der Waals surface area contributed by atoms with Crippen LogP contribution in [-0.4, -0.2) is 46.0 Å². The zero-order valence-corrected chi connectivity index (χ0v) is 28.2. The van der Waals surface area contributed by atoms with Gasteiger partial charge in [0.05, 0.1) is 40.1 Å². The molecule has 9 rings (SSSR count). The van der Waals surface area contributed by atoms with Crippen molar-refractivity contribution in [2.24, 2.45) is 0 Å². The Bertz CT molecular complexity index is 2760. The molecule has 0 aliphatic rings. The Morgan fingerprint density at radius 1 is 0.481 bits per heavy atom. The standard InChI is InChI=1S/C45H28B4N2O/c46-44(52,45(47,48)49)43-50-39-20-10-11-21-40(39)51(43)32-25-24-29-26-31(23-22-30(29)27-32)41-35-16-6-8-18-37(35)42(38-19-9-7-17-36(38)41)34-15-5-4-14-33(34)28-12-2-1-3-13-28/h1-27,52H. The van der Waals surface area contributed by atoms with Gasteiger partial charge in [-0.15, -0.1) is 5.11 Å². The number of aliphatic hydroxyl groups is 1. The van der Waals surface area contributed by atoms with E-state index in [4.69, 9.17) is 31.4 Å². The van der Waals surface area contributed by atoms with Crippen LogP contribution in [0.3, 0.4) is 0 Å². The first kappa shape index (κ1) is 32.2. The molecule has 0 bridgehead atoms. The Labute approximate surface area is 307 Å². The van der Waals surface area contributed by atoms with E-state index >= 15 is 0 Å². The van der Waals surface area contributed by atoms with E-state index in [9.17, 15) is 5.11 Å². The van der Waals surface area contributed by atoms with E-state index in [-0.39, 0.29) is 5.82 Å². The normalized spacial score (nSPS) is 13.2. The number of para-hydroxylation sites is 2. The first-order valence-corrected chi connectivity index (χ1v) is 17.2. The van der Waals surface area contributed by atoms with Crippen LogP contribution < -0.4 is 0 Å². The fraction of sp³-hybridized carbons (Fsp3) is 0.0444. The SMILES string of the molecule is [B]C([B])([B])C([B])(O)c1nc2ccccc2n1-c1ccc2cc(-c3c4ccccc4c(-c4ccccc4-c4ccccc4)c4ccccc34)ccc2c1. The van der Waals surface area contributed by atoms with Gasteiger partial charge in [0.25, 0.3) is 0 Å². The molecule has 7 heteroatoms. The van der Waals surface area contributed by atoms with Gasteiger partial charge in [-0.1, -0.05) is 133 Å². The van der Waals surface area contributed by atoms with Crippen LogP contribution in [0.15, 0.2) is 164 Å². The molecule has 1 N–H and O–H groups in total. The second-order valence-electron chi connectivity index (χ2n) is 13.5. The number of imidazole rings is 1. The molecule has 1 unspecified atom stereocenters. The van der Waals surface area contributed by atoms with E-state index in [1.807, 2.05) is 36.4 Å². The van der Waals surface area contributed by atoms with Gasteiger partial charge in [-0.05, 0) is 96.0 Å². The molecule has 8 aromatic carbocycles. The molecule has 1 heterocycles. The number of benzene rings is 8. The third-order valence-corrected chi connectivity index (χ3v) is 10.1. The predicted molar refractivity (Wildman–Crippen MR) is 220 cm³/mol. The number of hydrogen-bond donors (Lipinski definition) is 1. The number of aromatic nitrogens is 2. The maximum atomic E-state index is 11.3. The highest BCUT2D eigenvalue weighted by Crippen LogP contribution is 2.46. The molecule has 0 saturated heterocycles. The lowest BCUT2D eigenvalue weighted by Gasteiger charge is -2.39. The van der Waals surface area contributed by atoms with Crippen LogP contribution in [0.25, 0.3) is 82.4 Å². The molecule has 8 radical (unpaired) electrons. The number of fused-ring (bicyclic) bond motifs is 4. The van der Waals surface area contributed by atoms with Gasteiger partial charge in [0.2, 0.25) is 0 Å². The molecule has 0 saturated carbocycles. The molecule has 1 atom stereocenters. The lowest BCUT2D eigenvalue weighted by atomic mass is 9.32. The maximum Gasteiger partial charge on any atom is 0.135 e. The zero-order valence-electron chi connectivity index (χ0n) is 28.2. The monoisotopic (exact) mass is 656 g/mol. The summed E-state index contributed by atoms with van der Waals surface area (Å²) in [6, 6.07) is 56.8. The molecule has 1 aromatic heterocycles. The topological polar surface area (TPSA) is 38.1 Å². The average Bonchev–Trinajstić information content (AvgIpc) is 3.57. The lowest BCUT2D eigenvalue weighted by molar-refractivity contribution is 0.118. The number of rotatable bonds is 6. The van der Waals surface area contributed by atoms with Crippen molar-refractivity contribution in [2.45, 2.75) is 10.6 Å². The van der Waals surface area contributed by atoms with Gasteiger partial charge in [-0.2, -0.15) is 0 Å². The summed E-state index contributed by atoms with van der Waals surface area (Å²) in [7, 11) is 24.2. The Morgan fingerprint density at radius 2 is 1.02 bits per heavy atom. The van der Waals surface area contributed by atoms with E-state index in [0.29, 0.717) is 5.52 Å². The van der Waals surface area contributed by atoms with E-state index in [1.54, 1.807) is 4.57 Å². The van der Waals surface area contributed by atoms with Crippen molar-refractivity contribution in [1.82, 2.24) is 9.55 Å². The summed E-state index contributed by atoms with van der Waals surface area (Å²) in [5, 5.41) is 15.9. The van der Waals surface area contributed by atoms with Crippen LogP contribution in [-0.2, 0) is 5.50 Å². The van der Waals surface area contributed by atoms with Crippen LogP contribution in [0.1, 0.15) is 5.82 Å². The fourth-order valence-corrected chi connectivity index (χ4v) is 7.56. The zero-order chi connectivity index (χ0) is 35.6. The number of nitrogens with zero attached hydrogens (tertiary/aromatic N) is 2. The van der Waals surface area contributed by atoms with Gasteiger partial charge < -0.3 is 5.11 Å². The minimum Gasteiger partial charge on any atom is -0.394 e. The van der Waals surface area contributed by atoms with Crippen LogP contribution in [0.4, 0.5) is 0 Å². The Morgan fingerprint density at radius 3 is 1.69 bits per heavy atom. The fourth-order valence-electron chi connectivity index (χ4n) is 7.56. The summed E-state index contributed by atoms with van der Waals surface area (Å²) < 4.78 is 1.76. The van der Waals surface area contributed by atoms with Gasteiger partial charge in [0.15, 0.2) is 0 Å². The van der Waals surface area contributed by atoms with Crippen molar-refractivity contribution in [3.8, 4) is 39.1 Å². The minimum absolute atomic E-state index is 0.0454. The van der Waals surface area contributed by atoms with Crippen molar-refractivity contribution in [2.75, 3.05) is 0 Å². The highest BCUT2D eigenvalue weighted by atomic mass is 16.3. The summed E-state index contributed by atoms with van der Waals surface area (Å²) in [5.74, 6) is 0.0454. The van der Waals surface area contributed by atoms with Gasteiger partial charge in [0.1, 0.15) is 13.7 Å². The summed E-state index contributed by atoms with van der Waals surface area (Å²) in [6.45, 7) is 0. The highest BCUT2D eigenvalue weighted by molar-refractivity contribution is 6.62. The van der Waals surface area contributed by atoms with Crippen molar-refractivity contribution >= 4 is 74.7 Å². The lowest BCUT2D eigenvalue weighted by Crippen LogP contribution is -2.44. The summed E-state index contributed by atoms with van der Waals surface area (Å²) in [5.41, 5.74) is 6.84. The van der Waals surface area contributed by atoms with Crippen LogP contribution >= 0.6 is 0 Å². The summed E-state index contributed by atoms with van der Waals surface area (Å²) >= 11 is 0. The molecule has 236 valence electrons. The van der Waals surface area contributed by atoms with E-state index in [1.165, 1.54) is 49.4 Å². The van der Waals surface area contributed by atoms with Gasteiger partial charge in [-0.25, -0.2) is 4.98 Å². The highest BCUT2D eigenvalue weighted by Gasteiger charge is 2.39. The van der Waals surface area contributed by atoms with Gasteiger partial charge in [-0.3, -0.25) is 4.57 Å².